The van der Waals surface area contributed by atoms with Gasteiger partial charge in [0.05, 0.1) is 20.3 Å². The van der Waals surface area contributed by atoms with E-state index in [9.17, 15) is 0 Å². The number of hydrogen-bond donors (Lipinski definition) is 1. The number of rotatable bonds is 5. The molecule has 2 aromatic rings. The third-order valence-corrected chi connectivity index (χ3v) is 4.50. The lowest BCUT2D eigenvalue weighted by molar-refractivity contribution is 0.193. The number of nitrogens with zero attached hydrogens (tertiary/aromatic N) is 2. The second-order valence-electron chi connectivity index (χ2n) is 5.85. The van der Waals surface area contributed by atoms with E-state index in [0.29, 0.717) is 0 Å². The number of hydrogen-bond acceptors (Lipinski definition) is 4. The zero-order chi connectivity index (χ0) is 16.2. The Balaban J connectivity index is 2.02. The average molecular weight is 315 g/mol. The van der Waals surface area contributed by atoms with E-state index in [-0.39, 0.29) is 6.04 Å². The van der Waals surface area contributed by atoms with Crippen molar-refractivity contribution in [2.75, 3.05) is 40.4 Å². The normalized spacial score (nSPS) is 17.0. The number of aromatic nitrogens is 1. The van der Waals surface area contributed by atoms with Crippen LogP contribution in [-0.4, -0.2) is 49.9 Å². The van der Waals surface area contributed by atoms with Gasteiger partial charge in [-0.05, 0) is 29.8 Å². The molecule has 1 atom stereocenters. The summed E-state index contributed by atoms with van der Waals surface area (Å²) in [6.45, 7) is 4.11. The Labute approximate surface area is 137 Å². The van der Waals surface area contributed by atoms with Gasteiger partial charge in [0.15, 0.2) is 11.5 Å². The van der Waals surface area contributed by atoms with Crippen molar-refractivity contribution in [3.8, 4) is 11.5 Å². The molecule has 5 nitrogen and oxygen atoms in total. The topological polar surface area (TPSA) is 38.7 Å². The van der Waals surface area contributed by atoms with Crippen LogP contribution < -0.4 is 14.8 Å². The molecule has 1 unspecified atom stereocenters. The predicted octanol–water partition coefficient (Wildman–Crippen LogP) is 2.04. The molecule has 3 rings (SSSR count). The monoisotopic (exact) mass is 315 g/mol. The summed E-state index contributed by atoms with van der Waals surface area (Å²) in [4.78, 5) is 2.52. The standard InChI is InChI=1S/C18H25N3O2/c1-20-10-4-5-15(20)18(21-11-8-19-9-12-21)14-6-7-16(22-2)17(13-14)23-3/h4-7,10,13,18-19H,8-9,11-12H2,1-3H3. The molecule has 0 spiro atoms. The fourth-order valence-corrected chi connectivity index (χ4v) is 3.29. The SMILES string of the molecule is COc1ccc(C(c2cccn2C)N2CCNCC2)cc1OC. The summed E-state index contributed by atoms with van der Waals surface area (Å²) in [7, 11) is 5.46. The van der Waals surface area contributed by atoms with E-state index in [4.69, 9.17) is 9.47 Å². The van der Waals surface area contributed by atoms with Crippen molar-refractivity contribution >= 4 is 0 Å². The number of aryl methyl sites for hydroxylation is 1. The smallest absolute Gasteiger partial charge is 0.161 e. The fraction of sp³-hybridized carbons (Fsp3) is 0.444. The molecule has 0 bridgehead atoms. The van der Waals surface area contributed by atoms with E-state index in [0.717, 1.165) is 37.7 Å². The van der Waals surface area contributed by atoms with Crippen LogP contribution in [0.4, 0.5) is 0 Å². The van der Waals surface area contributed by atoms with Crippen LogP contribution in [0.15, 0.2) is 36.5 Å². The van der Waals surface area contributed by atoms with Crippen molar-refractivity contribution in [1.82, 2.24) is 14.8 Å². The molecule has 1 aliphatic rings. The Morgan fingerprint density at radius 2 is 1.78 bits per heavy atom. The first kappa shape index (κ1) is 15.9. The minimum atomic E-state index is 0.219. The van der Waals surface area contributed by atoms with Crippen LogP contribution >= 0.6 is 0 Å². The molecule has 0 radical (unpaired) electrons. The van der Waals surface area contributed by atoms with Gasteiger partial charge in [-0.15, -0.1) is 0 Å². The van der Waals surface area contributed by atoms with Crippen LogP contribution in [0, 0.1) is 0 Å². The summed E-state index contributed by atoms with van der Waals surface area (Å²) in [6, 6.07) is 10.7. The molecule has 23 heavy (non-hydrogen) atoms. The van der Waals surface area contributed by atoms with Gasteiger partial charge in [0.25, 0.3) is 0 Å². The van der Waals surface area contributed by atoms with Crippen molar-refractivity contribution in [1.29, 1.82) is 0 Å². The van der Waals surface area contributed by atoms with Crippen LogP contribution in [0.25, 0.3) is 0 Å². The summed E-state index contributed by atoms with van der Waals surface area (Å²) < 4.78 is 13.1. The molecule has 1 saturated heterocycles. The van der Waals surface area contributed by atoms with E-state index in [1.807, 2.05) is 6.07 Å². The molecule has 0 saturated carbocycles. The van der Waals surface area contributed by atoms with E-state index in [2.05, 4.69) is 52.3 Å². The summed E-state index contributed by atoms with van der Waals surface area (Å²) >= 11 is 0. The molecule has 0 amide bonds. The Hall–Kier alpha value is -1.98. The summed E-state index contributed by atoms with van der Waals surface area (Å²) in [5, 5.41) is 3.43. The van der Waals surface area contributed by atoms with Crippen LogP contribution in [0.3, 0.4) is 0 Å². The quantitative estimate of drug-likeness (QED) is 0.916. The van der Waals surface area contributed by atoms with Crippen molar-refractivity contribution in [2.24, 2.45) is 7.05 Å². The molecule has 1 fully saturated rings. The molecule has 124 valence electrons. The number of nitrogens with one attached hydrogen (secondary N) is 1. The highest BCUT2D eigenvalue weighted by molar-refractivity contribution is 5.45. The third kappa shape index (κ3) is 3.21. The van der Waals surface area contributed by atoms with Gasteiger partial charge in [0, 0.05) is 45.1 Å². The van der Waals surface area contributed by atoms with Gasteiger partial charge in [-0.2, -0.15) is 0 Å². The molecule has 5 heteroatoms. The van der Waals surface area contributed by atoms with Gasteiger partial charge in [0.2, 0.25) is 0 Å². The van der Waals surface area contributed by atoms with Crippen molar-refractivity contribution in [3.63, 3.8) is 0 Å². The molecule has 1 aromatic heterocycles. The van der Waals surface area contributed by atoms with Gasteiger partial charge in [-0.3, -0.25) is 4.90 Å². The zero-order valence-corrected chi connectivity index (χ0v) is 14.1. The number of ether oxygens (including phenoxy) is 2. The van der Waals surface area contributed by atoms with Crippen molar-refractivity contribution < 1.29 is 9.47 Å². The first-order valence-electron chi connectivity index (χ1n) is 8.02. The maximum Gasteiger partial charge on any atom is 0.161 e. The van der Waals surface area contributed by atoms with Gasteiger partial charge in [-0.1, -0.05) is 6.07 Å². The lowest BCUT2D eigenvalue weighted by Gasteiger charge is -2.35. The van der Waals surface area contributed by atoms with E-state index < -0.39 is 0 Å². The second kappa shape index (κ2) is 7.06. The Morgan fingerprint density at radius 3 is 2.39 bits per heavy atom. The lowest BCUT2D eigenvalue weighted by atomic mass is 10.0. The fourth-order valence-electron chi connectivity index (χ4n) is 3.29. The van der Waals surface area contributed by atoms with Crippen molar-refractivity contribution in [3.05, 3.63) is 47.8 Å². The highest BCUT2D eigenvalue weighted by Crippen LogP contribution is 2.35. The largest absolute Gasteiger partial charge is 0.493 e. The maximum absolute atomic E-state index is 5.50. The van der Waals surface area contributed by atoms with Gasteiger partial charge in [0.1, 0.15) is 0 Å². The molecule has 1 N–H and O–H groups in total. The molecule has 0 aliphatic carbocycles. The van der Waals surface area contributed by atoms with E-state index in [1.165, 1.54) is 11.3 Å². The van der Waals surface area contributed by atoms with Crippen LogP contribution in [0.5, 0.6) is 11.5 Å². The highest BCUT2D eigenvalue weighted by atomic mass is 16.5. The van der Waals surface area contributed by atoms with Gasteiger partial charge in [-0.25, -0.2) is 0 Å². The second-order valence-corrected chi connectivity index (χ2v) is 5.85. The Morgan fingerprint density at radius 1 is 1.04 bits per heavy atom. The molecule has 1 aromatic carbocycles. The summed E-state index contributed by atoms with van der Waals surface area (Å²) in [5.74, 6) is 1.54. The van der Waals surface area contributed by atoms with E-state index in [1.54, 1.807) is 14.2 Å². The van der Waals surface area contributed by atoms with E-state index >= 15 is 0 Å². The molecule has 2 heterocycles. The maximum atomic E-state index is 5.50. The molecular weight excluding hydrogens is 290 g/mol. The summed E-state index contributed by atoms with van der Waals surface area (Å²) in [6.07, 6.45) is 2.10. The van der Waals surface area contributed by atoms with Crippen molar-refractivity contribution in [2.45, 2.75) is 6.04 Å². The third-order valence-electron chi connectivity index (χ3n) is 4.50. The predicted molar refractivity (Wildman–Crippen MR) is 91.2 cm³/mol. The Bertz CT molecular complexity index is 647. The van der Waals surface area contributed by atoms with Gasteiger partial charge >= 0.3 is 0 Å². The highest BCUT2D eigenvalue weighted by Gasteiger charge is 2.26. The minimum absolute atomic E-state index is 0.219. The van der Waals surface area contributed by atoms with Crippen LogP contribution in [-0.2, 0) is 7.05 Å². The lowest BCUT2D eigenvalue weighted by Crippen LogP contribution is -2.45. The molecule has 1 aliphatic heterocycles. The van der Waals surface area contributed by atoms with Crippen LogP contribution in [0.2, 0.25) is 0 Å². The number of piperazine rings is 1. The first-order valence-corrected chi connectivity index (χ1v) is 8.02. The zero-order valence-electron chi connectivity index (χ0n) is 14.1. The summed E-state index contributed by atoms with van der Waals surface area (Å²) in [5.41, 5.74) is 2.52. The number of benzene rings is 1. The average Bonchev–Trinajstić information content (AvgIpc) is 3.02. The first-order chi connectivity index (χ1) is 11.2. The Kier molecular flexibility index (Phi) is 4.88. The number of methoxy groups -OCH3 is 2. The van der Waals surface area contributed by atoms with Crippen LogP contribution in [0.1, 0.15) is 17.3 Å². The minimum Gasteiger partial charge on any atom is -0.493 e. The van der Waals surface area contributed by atoms with Gasteiger partial charge < -0.3 is 19.4 Å². The molecular formula is C18H25N3O2.